The third kappa shape index (κ3) is 3.99. The average molecular weight is 262 g/mol. The number of amides is 1. The maximum atomic E-state index is 11.4. The van der Waals surface area contributed by atoms with Crippen LogP contribution in [0, 0.1) is 17.8 Å². The highest BCUT2D eigenvalue weighted by molar-refractivity contribution is 9.09. The molecule has 1 amide bonds. The Bertz CT molecular complexity index is 196. The van der Waals surface area contributed by atoms with E-state index in [0.717, 1.165) is 24.7 Å². The van der Waals surface area contributed by atoms with E-state index in [1.54, 1.807) is 0 Å². The number of hydrogen-bond acceptors (Lipinski definition) is 1. The molecular weight excluding hydrogens is 242 g/mol. The first-order valence-electron chi connectivity index (χ1n) is 5.48. The number of rotatable bonds is 6. The van der Waals surface area contributed by atoms with E-state index in [1.807, 2.05) is 0 Å². The lowest BCUT2D eigenvalue weighted by Gasteiger charge is -2.07. The highest BCUT2D eigenvalue weighted by atomic mass is 79.9. The average Bonchev–Trinajstić information content (AvgIpc) is 2.89. The van der Waals surface area contributed by atoms with Gasteiger partial charge >= 0.3 is 0 Å². The lowest BCUT2D eigenvalue weighted by molar-refractivity contribution is -0.122. The van der Waals surface area contributed by atoms with Crippen LogP contribution in [0.2, 0.25) is 0 Å². The van der Waals surface area contributed by atoms with Crippen molar-refractivity contribution in [3.63, 3.8) is 0 Å². The van der Waals surface area contributed by atoms with Crippen molar-refractivity contribution < 1.29 is 4.79 Å². The van der Waals surface area contributed by atoms with Crippen molar-refractivity contribution in [3.05, 3.63) is 0 Å². The number of carbonyl (C=O) groups is 1. The third-order valence-corrected chi connectivity index (χ3v) is 3.99. The molecule has 0 radical (unpaired) electrons. The Morgan fingerprint density at radius 3 is 2.79 bits per heavy atom. The zero-order valence-corrected chi connectivity index (χ0v) is 10.6. The molecule has 1 aliphatic rings. The van der Waals surface area contributed by atoms with E-state index < -0.39 is 0 Å². The summed E-state index contributed by atoms with van der Waals surface area (Å²) in [7, 11) is 0. The molecule has 2 nitrogen and oxygen atoms in total. The third-order valence-electron chi connectivity index (χ3n) is 2.88. The molecule has 0 aromatic heterocycles. The molecule has 1 aliphatic carbocycles. The van der Waals surface area contributed by atoms with Gasteiger partial charge in [-0.15, -0.1) is 0 Å². The van der Waals surface area contributed by atoms with Gasteiger partial charge in [0.15, 0.2) is 0 Å². The molecule has 0 saturated heterocycles. The Morgan fingerprint density at radius 1 is 1.64 bits per heavy atom. The minimum Gasteiger partial charge on any atom is -0.356 e. The van der Waals surface area contributed by atoms with Crippen molar-refractivity contribution >= 4 is 21.8 Å². The number of alkyl halides is 1. The zero-order chi connectivity index (χ0) is 10.6. The lowest BCUT2D eigenvalue weighted by Crippen LogP contribution is -2.26. The first-order chi connectivity index (χ1) is 6.65. The Morgan fingerprint density at radius 2 is 2.29 bits per heavy atom. The molecular formula is C11H20BrNO. The monoisotopic (exact) mass is 261 g/mol. The highest BCUT2D eigenvalue weighted by Gasteiger charge is 2.38. The molecule has 82 valence electrons. The second-order valence-corrected chi connectivity index (χ2v) is 5.16. The van der Waals surface area contributed by atoms with Gasteiger partial charge in [-0.25, -0.2) is 0 Å². The van der Waals surface area contributed by atoms with Gasteiger partial charge in [0.25, 0.3) is 0 Å². The van der Waals surface area contributed by atoms with E-state index in [-0.39, 0.29) is 5.91 Å². The normalized spacial score (nSPS) is 27.1. The lowest BCUT2D eigenvalue weighted by atomic mass is 10.1. The molecule has 0 aromatic carbocycles. The van der Waals surface area contributed by atoms with Crippen LogP contribution in [0.25, 0.3) is 0 Å². The van der Waals surface area contributed by atoms with Gasteiger partial charge in [-0.1, -0.05) is 29.8 Å². The minimum absolute atomic E-state index is 0.268. The van der Waals surface area contributed by atoms with Crippen LogP contribution in [0.5, 0.6) is 0 Å². The molecule has 14 heavy (non-hydrogen) atoms. The van der Waals surface area contributed by atoms with E-state index in [2.05, 4.69) is 35.1 Å². The van der Waals surface area contributed by atoms with Crippen LogP contribution < -0.4 is 5.32 Å². The van der Waals surface area contributed by atoms with Crippen LogP contribution in [-0.4, -0.2) is 17.8 Å². The summed E-state index contributed by atoms with van der Waals surface area (Å²) in [6.07, 6.45) is 3.37. The summed E-state index contributed by atoms with van der Waals surface area (Å²) >= 11 is 3.45. The molecule has 3 unspecified atom stereocenters. The highest BCUT2D eigenvalue weighted by Crippen LogP contribution is 2.37. The molecule has 1 saturated carbocycles. The van der Waals surface area contributed by atoms with Crippen molar-refractivity contribution in [1.29, 1.82) is 0 Å². The quantitative estimate of drug-likeness (QED) is 0.578. The van der Waals surface area contributed by atoms with Gasteiger partial charge < -0.3 is 5.32 Å². The summed E-state index contributed by atoms with van der Waals surface area (Å²) in [6.45, 7) is 5.20. The number of nitrogens with one attached hydrogen (secondary N) is 1. The number of hydrogen-bond donors (Lipinski definition) is 1. The second kappa shape index (κ2) is 5.74. The largest absolute Gasteiger partial charge is 0.356 e. The molecule has 0 bridgehead atoms. The predicted octanol–water partition coefficient (Wildman–Crippen LogP) is 2.57. The van der Waals surface area contributed by atoms with E-state index in [9.17, 15) is 4.79 Å². The molecule has 1 N–H and O–H groups in total. The maximum Gasteiger partial charge on any atom is 0.223 e. The Labute approximate surface area is 95.0 Å². The molecule has 0 heterocycles. The SMILES string of the molecule is CC(CBr)CCCNC(=O)C1CC1C. The van der Waals surface area contributed by atoms with Gasteiger partial charge in [0, 0.05) is 17.8 Å². The predicted molar refractivity (Wildman–Crippen MR) is 62.5 cm³/mol. The summed E-state index contributed by atoms with van der Waals surface area (Å²) in [6, 6.07) is 0. The minimum atomic E-state index is 0.268. The van der Waals surface area contributed by atoms with E-state index in [0.29, 0.717) is 17.8 Å². The van der Waals surface area contributed by atoms with Crippen LogP contribution >= 0.6 is 15.9 Å². The smallest absolute Gasteiger partial charge is 0.223 e. The molecule has 0 aromatic rings. The second-order valence-electron chi connectivity index (χ2n) is 4.51. The summed E-state index contributed by atoms with van der Waals surface area (Å²) in [4.78, 5) is 11.4. The molecule has 3 heteroatoms. The van der Waals surface area contributed by atoms with Crippen LogP contribution in [0.3, 0.4) is 0 Å². The number of carbonyl (C=O) groups excluding carboxylic acids is 1. The Balaban J connectivity index is 1.96. The van der Waals surface area contributed by atoms with Crippen LogP contribution in [-0.2, 0) is 4.79 Å². The number of halogens is 1. The molecule has 1 fully saturated rings. The fourth-order valence-corrected chi connectivity index (χ4v) is 1.88. The van der Waals surface area contributed by atoms with E-state index >= 15 is 0 Å². The summed E-state index contributed by atoms with van der Waals surface area (Å²) in [5.74, 6) is 1.93. The molecule has 0 aliphatic heterocycles. The maximum absolute atomic E-state index is 11.4. The molecule has 0 spiro atoms. The van der Waals surface area contributed by atoms with Crippen molar-refractivity contribution in [1.82, 2.24) is 5.32 Å². The first kappa shape index (κ1) is 12.0. The fourth-order valence-electron chi connectivity index (χ4n) is 1.56. The van der Waals surface area contributed by atoms with Gasteiger partial charge in [-0.2, -0.15) is 0 Å². The van der Waals surface area contributed by atoms with Crippen molar-refractivity contribution in [2.45, 2.75) is 33.1 Å². The Kier molecular flexibility index (Phi) is 4.93. The van der Waals surface area contributed by atoms with Gasteiger partial charge in [0.05, 0.1) is 0 Å². The summed E-state index contributed by atoms with van der Waals surface area (Å²) in [5, 5.41) is 4.06. The van der Waals surface area contributed by atoms with E-state index in [4.69, 9.17) is 0 Å². The van der Waals surface area contributed by atoms with E-state index in [1.165, 1.54) is 6.42 Å². The Hall–Kier alpha value is -0.0500. The summed E-state index contributed by atoms with van der Waals surface area (Å²) < 4.78 is 0. The molecule has 3 atom stereocenters. The van der Waals surface area contributed by atoms with Crippen LogP contribution in [0.15, 0.2) is 0 Å². The van der Waals surface area contributed by atoms with Gasteiger partial charge in [0.2, 0.25) is 5.91 Å². The summed E-state index contributed by atoms with van der Waals surface area (Å²) in [5.41, 5.74) is 0. The molecule has 1 rings (SSSR count). The van der Waals surface area contributed by atoms with Gasteiger partial charge in [-0.05, 0) is 31.1 Å². The van der Waals surface area contributed by atoms with Crippen molar-refractivity contribution in [3.8, 4) is 0 Å². The fraction of sp³-hybridized carbons (Fsp3) is 0.909. The van der Waals surface area contributed by atoms with Crippen molar-refractivity contribution in [2.24, 2.45) is 17.8 Å². The van der Waals surface area contributed by atoms with Gasteiger partial charge in [-0.3, -0.25) is 4.79 Å². The van der Waals surface area contributed by atoms with Gasteiger partial charge in [0.1, 0.15) is 0 Å². The van der Waals surface area contributed by atoms with Crippen LogP contribution in [0.1, 0.15) is 33.1 Å². The zero-order valence-electron chi connectivity index (χ0n) is 9.05. The van der Waals surface area contributed by atoms with Crippen LogP contribution in [0.4, 0.5) is 0 Å². The topological polar surface area (TPSA) is 29.1 Å². The standard InChI is InChI=1S/C11H20BrNO/c1-8(7-12)4-3-5-13-11(14)10-6-9(10)2/h8-10H,3-7H2,1-2H3,(H,13,14). The first-order valence-corrected chi connectivity index (χ1v) is 6.61. The van der Waals surface area contributed by atoms with Crippen molar-refractivity contribution in [2.75, 3.05) is 11.9 Å².